The molecule has 0 saturated heterocycles. The molecule has 1 amide bonds. The largest absolute Gasteiger partial charge is 0.343 e. The summed E-state index contributed by atoms with van der Waals surface area (Å²) in [7, 11) is 0. The van der Waals surface area contributed by atoms with Crippen molar-refractivity contribution in [2.75, 3.05) is 0 Å². The maximum absolute atomic E-state index is 12.4. The number of carbonyl (C=O) groups excluding carboxylic acids is 1. The van der Waals surface area contributed by atoms with Crippen molar-refractivity contribution in [2.24, 2.45) is 0 Å². The minimum absolute atomic E-state index is 0.0786. The highest BCUT2D eigenvalue weighted by molar-refractivity contribution is 7.21. The van der Waals surface area contributed by atoms with Gasteiger partial charge in [-0.1, -0.05) is 0 Å². The molecule has 0 spiro atoms. The van der Waals surface area contributed by atoms with E-state index in [0.717, 1.165) is 26.0 Å². The summed E-state index contributed by atoms with van der Waals surface area (Å²) in [5, 5.41) is 7.98. The fourth-order valence-corrected chi connectivity index (χ4v) is 4.69. The Balaban J connectivity index is 1.60. The SMILES string of the molecule is Cc1nc([C@@H](C)NC(=O)c2cc3c(nc4sccn43)s2)cs1. The molecule has 0 bridgehead atoms. The van der Waals surface area contributed by atoms with Gasteiger partial charge in [-0.3, -0.25) is 9.20 Å². The zero-order valence-electron chi connectivity index (χ0n) is 11.9. The molecule has 4 rings (SSSR count). The molecule has 0 aliphatic heterocycles. The molecule has 4 aromatic rings. The van der Waals surface area contributed by atoms with E-state index in [-0.39, 0.29) is 11.9 Å². The average Bonchev–Trinajstić information content (AvgIpc) is 3.18. The van der Waals surface area contributed by atoms with Gasteiger partial charge in [0.25, 0.3) is 5.91 Å². The predicted octanol–water partition coefficient (Wildman–Crippen LogP) is 3.87. The number of fused-ring (bicyclic) bond motifs is 3. The zero-order valence-corrected chi connectivity index (χ0v) is 14.3. The summed E-state index contributed by atoms with van der Waals surface area (Å²) >= 11 is 4.61. The molecule has 0 fully saturated rings. The number of aromatic nitrogens is 3. The van der Waals surface area contributed by atoms with Crippen LogP contribution in [-0.4, -0.2) is 20.3 Å². The highest BCUT2D eigenvalue weighted by atomic mass is 32.1. The van der Waals surface area contributed by atoms with Crippen molar-refractivity contribution >= 4 is 55.2 Å². The van der Waals surface area contributed by atoms with Crippen LogP contribution in [0.15, 0.2) is 23.0 Å². The first-order valence-electron chi connectivity index (χ1n) is 6.70. The molecule has 0 radical (unpaired) electrons. The van der Waals surface area contributed by atoms with E-state index in [1.807, 2.05) is 41.3 Å². The van der Waals surface area contributed by atoms with Gasteiger partial charge in [-0.05, 0) is 19.9 Å². The van der Waals surface area contributed by atoms with Crippen molar-refractivity contribution in [3.05, 3.63) is 38.6 Å². The lowest BCUT2D eigenvalue weighted by molar-refractivity contribution is 0.0943. The first-order chi connectivity index (χ1) is 10.6. The minimum Gasteiger partial charge on any atom is -0.343 e. The fraction of sp³-hybridized carbons (Fsp3) is 0.214. The van der Waals surface area contributed by atoms with Gasteiger partial charge in [0.15, 0.2) is 4.96 Å². The Kier molecular flexibility index (Phi) is 3.24. The lowest BCUT2D eigenvalue weighted by atomic mass is 10.2. The van der Waals surface area contributed by atoms with E-state index in [4.69, 9.17) is 0 Å². The smallest absolute Gasteiger partial charge is 0.262 e. The number of nitrogens with zero attached hydrogens (tertiary/aromatic N) is 3. The molecule has 5 nitrogen and oxygen atoms in total. The molecule has 4 aromatic heterocycles. The third-order valence-corrected chi connectivity index (χ3v) is 5.96. The van der Waals surface area contributed by atoms with Gasteiger partial charge in [-0.2, -0.15) is 0 Å². The summed E-state index contributed by atoms with van der Waals surface area (Å²) in [5.41, 5.74) is 1.89. The van der Waals surface area contributed by atoms with Crippen LogP contribution in [0.4, 0.5) is 0 Å². The number of imidazole rings is 1. The van der Waals surface area contributed by atoms with Crippen LogP contribution in [0.1, 0.15) is 33.3 Å². The van der Waals surface area contributed by atoms with Crippen LogP contribution in [0.25, 0.3) is 15.3 Å². The third-order valence-electron chi connectivity index (χ3n) is 3.39. The number of aryl methyl sites for hydroxylation is 1. The van der Waals surface area contributed by atoms with E-state index in [2.05, 4.69) is 15.3 Å². The topological polar surface area (TPSA) is 59.3 Å². The van der Waals surface area contributed by atoms with Crippen molar-refractivity contribution in [1.82, 2.24) is 19.7 Å². The first-order valence-corrected chi connectivity index (χ1v) is 9.27. The monoisotopic (exact) mass is 348 g/mol. The number of amides is 1. The average molecular weight is 348 g/mol. The van der Waals surface area contributed by atoms with Crippen LogP contribution in [0, 0.1) is 6.92 Å². The first kappa shape index (κ1) is 13.9. The fourth-order valence-electron chi connectivity index (χ4n) is 2.28. The standard InChI is InChI=1S/C14H12N4OS3/c1-7(9-6-21-8(2)16-9)15-12(19)11-5-10-13(22-11)17-14-18(10)3-4-20-14/h3-7H,1-2H3,(H,15,19)/t7-/m1/s1. The summed E-state index contributed by atoms with van der Waals surface area (Å²) in [4.78, 5) is 23.9. The molecular formula is C14H12N4OS3. The summed E-state index contributed by atoms with van der Waals surface area (Å²) < 4.78 is 2.01. The van der Waals surface area contributed by atoms with Crippen LogP contribution in [0.2, 0.25) is 0 Å². The summed E-state index contributed by atoms with van der Waals surface area (Å²) in [6.45, 7) is 3.91. The summed E-state index contributed by atoms with van der Waals surface area (Å²) in [6, 6.07) is 1.80. The van der Waals surface area contributed by atoms with Crippen molar-refractivity contribution in [3.63, 3.8) is 0 Å². The molecule has 0 saturated carbocycles. The van der Waals surface area contributed by atoms with Gasteiger partial charge in [0.2, 0.25) is 0 Å². The van der Waals surface area contributed by atoms with E-state index >= 15 is 0 Å². The van der Waals surface area contributed by atoms with Crippen LogP contribution >= 0.6 is 34.0 Å². The van der Waals surface area contributed by atoms with Gasteiger partial charge in [-0.25, -0.2) is 9.97 Å². The molecule has 0 aliphatic carbocycles. The van der Waals surface area contributed by atoms with E-state index in [0.29, 0.717) is 4.88 Å². The Morgan fingerprint density at radius 2 is 2.23 bits per heavy atom. The molecule has 8 heteroatoms. The molecule has 112 valence electrons. The molecule has 4 heterocycles. The Bertz CT molecular complexity index is 977. The summed E-state index contributed by atoms with van der Waals surface area (Å²) in [6.07, 6.45) is 1.98. The van der Waals surface area contributed by atoms with Crippen LogP contribution in [0.3, 0.4) is 0 Å². The van der Waals surface area contributed by atoms with Gasteiger partial charge in [0.1, 0.15) is 4.83 Å². The van der Waals surface area contributed by atoms with E-state index in [9.17, 15) is 4.79 Å². The molecule has 1 atom stereocenters. The normalized spacial score (nSPS) is 13.0. The molecular weight excluding hydrogens is 336 g/mol. The zero-order chi connectivity index (χ0) is 15.3. The van der Waals surface area contributed by atoms with Crippen molar-refractivity contribution in [1.29, 1.82) is 0 Å². The third kappa shape index (κ3) is 2.23. The number of thiophene rings is 1. The lowest BCUT2D eigenvalue weighted by Crippen LogP contribution is -2.26. The van der Waals surface area contributed by atoms with Crippen molar-refractivity contribution < 1.29 is 4.79 Å². The number of nitrogens with one attached hydrogen (secondary N) is 1. The number of thiazole rings is 2. The maximum atomic E-state index is 12.4. The number of hydrogen-bond acceptors (Lipinski definition) is 6. The molecule has 0 unspecified atom stereocenters. The van der Waals surface area contributed by atoms with Crippen molar-refractivity contribution in [3.8, 4) is 0 Å². The van der Waals surface area contributed by atoms with E-state index in [1.165, 1.54) is 11.3 Å². The highest BCUT2D eigenvalue weighted by Crippen LogP contribution is 2.28. The quantitative estimate of drug-likeness (QED) is 0.611. The second-order valence-electron chi connectivity index (χ2n) is 4.95. The van der Waals surface area contributed by atoms with E-state index in [1.54, 1.807) is 22.7 Å². The Morgan fingerprint density at radius 1 is 1.36 bits per heavy atom. The van der Waals surface area contributed by atoms with E-state index < -0.39 is 0 Å². The maximum Gasteiger partial charge on any atom is 0.262 e. The highest BCUT2D eigenvalue weighted by Gasteiger charge is 2.18. The molecule has 22 heavy (non-hydrogen) atoms. The minimum atomic E-state index is -0.101. The Hall–Kier alpha value is -1.77. The van der Waals surface area contributed by atoms with Gasteiger partial charge in [0, 0.05) is 17.0 Å². The lowest BCUT2D eigenvalue weighted by Gasteiger charge is -2.10. The molecule has 0 aromatic carbocycles. The number of rotatable bonds is 3. The van der Waals surface area contributed by atoms with Gasteiger partial charge >= 0.3 is 0 Å². The summed E-state index contributed by atoms with van der Waals surface area (Å²) in [5.74, 6) is -0.0786. The number of carbonyl (C=O) groups is 1. The predicted molar refractivity (Wildman–Crippen MR) is 91.2 cm³/mol. The van der Waals surface area contributed by atoms with Crippen LogP contribution < -0.4 is 5.32 Å². The number of hydrogen-bond donors (Lipinski definition) is 1. The van der Waals surface area contributed by atoms with Gasteiger partial charge < -0.3 is 5.32 Å². The Morgan fingerprint density at radius 3 is 3.00 bits per heavy atom. The van der Waals surface area contributed by atoms with Crippen molar-refractivity contribution in [2.45, 2.75) is 19.9 Å². The Labute approximate surface area is 138 Å². The van der Waals surface area contributed by atoms with Gasteiger partial charge in [0.05, 0.1) is 27.1 Å². The second-order valence-corrected chi connectivity index (χ2v) is 7.92. The van der Waals surface area contributed by atoms with Crippen LogP contribution in [0.5, 0.6) is 0 Å². The second kappa shape index (κ2) is 5.15. The van der Waals surface area contributed by atoms with Gasteiger partial charge in [-0.15, -0.1) is 34.0 Å². The molecule has 0 aliphatic rings. The molecule has 1 N–H and O–H groups in total. The van der Waals surface area contributed by atoms with Crippen LogP contribution in [-0.2, 0) is 0 Å².